The highest BCUT2D eigenvalue weighted by molar-refractivity contribution is 8.15. The van der Waals surface area contributed by atoms with Crippen molar-refractivity contribution in [2.24, 2.45) is 0 Å². The number of hydrogen-bond donors (Lipinski definition) is 0. The predicted molar refractivity (Wildman–Crippen MR) is 132 cm³/mol. The van der Waals surface area contributed by atoms with Gasteiger partial charge in [0.25, 0.3) is 5.24 Å². The molecule has 1 saturated heterocycles. The first-order valence-electron chi connectivity index (χ1n) is 11.1. The van der Waals surface area contributed by atoms with Gasteiger partial charge >= 0.3 is 7.60 Å². The fourth-order valence-electron chi connectivity index (χ4n) is 3.37. The average molecular weight is 508 g/mol. The molecule has 0 spiro atoms. The third-order valence-electron chi connectivity index (χ3n) is 5.05. The van der Waals surface area contributed by atoms with Gasteiger partial charge in [-0.3, -0.25) is 19.1 Å². The molecule has 9 nitrogen and oxygen atoms in total. The van der Waals surface area contributed by atoms with Crippen molar-refractivity contribution < 1.29 is 27.9 Å². The first-order chi connectivity index (χ1) is 16.3. The Morgan fingerprint density at radius 1 is 1.09 bits per heavy atom. The van der Waals surface area contributed by atoms with Gasteiger partial charge in [-0.1, -0.05) is 30.0 Å². The molecule has 0 aliphatic carbocycles. The molecular weight excluding hydrogens is 477 g/mol. The number of nitrogens with zero attached hydrogens (tertiary/aromatic N) is 3. The van der Waals surface area contributed by atoms with Crippen LogP contribution in [0, 0.1) is 0 Å². The molecule has 0 radical (unpaired) electrons. The van der Waals surface area contributed by atoms with Crippen LogP contribution in [0.15, 0.2) is 48.7 Å². The van der Waals surface area contributed by atoms with Crippen LogP contribution in [0.2, 0.25) is 0 Å². The van der Waals surface area contributed by atoms with Crippen LogP contribution in [-0.4, -0.2) is 66.0 Å². The maximum Gasteiger partial charge on any atom is 0.350 e. The maximum absolute atomic E-state index is 12.8. The Morgan fingerprint density at radius 3 is 2.41 bits per heavy atom. The third-order valence-corrected chi connectivity index (χ3v) is 8.06. The van der Waals surface area contributed by atoms with E-state index >= 15 is 0 Å². The summed E-state index contributed by atoms with van der Waals surface area (Å²) in [6.07, 6.45) is 1.76. The molecule has 1 aromatic heterocycles. The second kappa shape index (κ2) is 12.4. The summed E-state index contributed by atoms with van der Waals surface area (Å²) in [5, 5.41) is -1.02. The van der Waals surface area contributed by atoms with Gasteiger partial charge in [0.1, 0.15) is 24.5 Å². The van der Waals surface area contributed by atoms with Gasteiger partial charge in [0.2, 0.25) is 5.91 Å². The molecule has 0 N–H and O–H groups in total. The van der Waals surface area contributed by atoms with Crippen LogP contribution in [0.1, 0.15) is 19.4 Å². The topological polar surface area (TPSA) is 98.3 Å². The fraction of sp³-hybridized carbons (Fsp3) is 0.435. The highest BCUT2D eigenvalue weighted by Crippen LogP contribution is 2.50. The molecule has 1 fully saturated rings. The minimum atomic E-state index is -3.55. The van der Waals surface area contributed by atoms with Crippen molar-refractivity contribution in [1.29, 1.82) is 0 Å². The molecule has 11 heteroatoms. The summed E-state index contributed by atoms with van der Waals surface area (Å²) in [6.45, 7) is 4.87. The quantitative estimate of drug-likeness (QED) is 0.365. The normalized spacial score (nSPS) is 16.2. The number of carbonyl (C=O) groups excluding carboxylic acids is 2. The van der Waals surface area contributed by atoms with E-state index in [0.29, 0.717) is 19.6 Å². The zero-order chi connectivity index (χ0) is 24.6. The van der Waals surface area contributed by atoms with Crippen LogP contribution in [0.5, 0.6) is 5.75 Å². The van der Waals surface area contributed by atoms with Crippen LogP contribution in [-0.2, 0) is 24.8 Å². The number of thioether (sulfide) groups is 1. The molecular formula is C23H30N3O6PS. The molecule has 1 unspecified atom stereocenters. The zero-order valence-corrected chi connectivity index (χ0v) is 21.3. The first kappa shape index (κ1) is 26.2. The molecule has 1 atom stereocenters. The summed E-state index contributed by atoms with van der Waals surface area (Å²) >= 11 is 0.935. The van der Waals surface area contributed by atoms with Crippen molar-refractivity contribution in [2.75, 3.05) is 44.6 Å². The van der Waals surface area contributed by atoms with Crippen molar-refractivity contribution in [2.45, 2.75) is 25.5 Å². The first-order valence-corrected chi connectivity index (χ1v) is 13.7. The van der Waals surface area contributed by atoms with Crippen LogP contribution in [0.25, 0.3) is 0 Å². The highest BCUT2D eigenvalue weighted by atomic mass is 32.2. The zero-order valence-electron chi connectivity index (χ0n) is 19.6. The lowest BCUT2D eigenvalue weighted by Crippen LogP contribution is -2.33. The summed E-state index contributed by atoms with van der Waals surface area (Å²) in [6, 6.07) is 13.2. The molecule has 3 rings (SSSR count). The summed E-state index contributed by atoms with van der Waals surface area (Å²) in [5.74, 6) is 1.21. The predicted octanol–water partition coefficient (Wildman–Crippen LogP) is 4.43. The van der Waals surface area contributed by atoms with Crippen LogP contribution in [0.3, 0.4) is 0 Å². The van der Waals surface area contributed by atoms with Crippen LogP contribution < -0.4 is 9.64 Å². The lowest BCUT2D eigenvalue weighted by molar-refractivity contribution is -0.126. The average Bonchev–Trinajstić information content (AvgIpc) is 3.08. The lowest BCUT2D eigenvalue weighted by atomic mass is 10.1. The van der Waals surface area contributed by atoms with Crippen LogP contribution >= 0.6 is 19.4 Å². The van der Waals surface area contributed by atoms with Crippen molar-refractivity contribution in [3.8, 4) is 5.75 Å². The number of ether oxygens (including phenoxy) is 1. The van der Waals surface area contributed by atoms with E-state index in [9.17, 15) is 14.2 Å². The standard InChI is InChI=1S/C23H30N3O6PS/c1-4-31-33(29,32-5-2)17-26-22(27)20(34-23(26)28)16-18-9-11-19(12-10-18)30-15-14-25(3)21-8-6-7-13-24-21/h6-13,20H,4-5,14-17H2,1-3H3. The van der Waals surface area contributed by atoms with Gasteiger partial charge < -0.3 is 18.7 Å². The third kappa shape index (κ3) is 7.06. The molecule has 34 heavy (non-hydrogen) atoms. The Morgan fingerprint density at radius 2 is 1.79 bits per heavy atom. The molecule has 1 aromatic carbocycles. The van der Waals surface area contributed by atoms with Crippen molar-refractivity contribution in [3.63, 3.8) is 0 Å². The number of hydrogen-bond acceptors (Lipinski definition) is 9. The minimum absolute atomic E-state index is 0.165. The number of likely N-dealkylation sites (N-methyl/N-ethyl adjacent to an activating group) is 1. The molecule has 0 bridgehead atoms. The van der Waals surface area contributed by atoms with Crippen LogP contribution in [0.4, 0.5) is 10.6 Å². The fourth-order valence-corrected chi connectivity index (χ4v) is 6.14. The Balaban J connectivity index is 1.51. The van der Waals surface area contributed by atoms with Crippen molar-refractivity contribution in [1.82, 2.24) is 9.88 Å². The second-order valence-electron chi connectivity index (χ2n) is 7.53. The van der Waals surface area contributed by atoms with E-state index in [1.54, 1.807) is 20.0 Å². The number of anilines is 1. The number of pyridine rings is 1. The lowest BCUT2D eigenvalue weighted by Gasteiger charge is -2.21. The Hall–Kier alpha value is -2.39. The van der Waals surface area contributed by atoms with Crippen molar-refractivity contribution >= 4 is 36.3 Å². The summed E-state index contributed by atoms with van der Waals surface area (Å²) < 4.78 is 29.0. The molecule has 1 aliphatic rings. The van der Waals surface area contributed by atoms with Gasteiger partial charge in [0, 0.05) is 13.2 Å². The van der Waals surface area contributed by atoms with Crippen molar-refractivity contribution in [3.05, 3.63) is 54.2 Å². The molecule has 0 saturated carbocycles. The van der Waals surface area contributed by atoms with E-state index in [1.165, 1.54) is 0 Å². The van der Waals surface area contributed by atoms with Gasteiger partial charge in [0.05, 0.1) is 25.0 Å². The SMILES string of the molecule is CCOP(=O)(CN1C(=O)SC(Cc2ccc(OCCN(C)c3ccccn3)cc2)C1=O)OCC. The molecule has 1 aliphatic heterocycles. The van der Waals surface area contributed by atoms with E-state index in [0.717, 1.165) is 33.8 Å². The van der Waals surface area contributed by atoms with E-state index in [1.807, 2.05) is 54.4 Å². The van der Waals surface area contributed by atoms with Gasteiger partial charge in [-0.05, 0) is 50.1 Å². The number of benzene rings is 1. The van der Waals surface area contributed by atoms with E-state index < -0.39 is 18.1 Å². The summed E-state index contributed by atoms with van der Waals surface area (Å²) in [7, 11) is -1.59. The highest BCUT2D eigenvalue weighted by Gasteiger charge is 2.43. The smallest absolute Gasteiger partial charge is 0.350 e. The number of carbonyl (C=O) groups is 2. The monoisotopic (exact) mass is 507 g/mol. The minimum Gasteiger partial charge on any atom is -0.492 e. The molecule has 2 heterocycles. The Labute approximate surface area is 204 Å². The number of amides is 2. The molecule has 2 aromatic rings. The van der Waals surface area contributed by atoms with Gasteiger partial charge in [0.15, 0.2) is 0 Å². The summed E-state index contributed by atoms with van der Waals surface area (Å²) in [5.41, 5.74) is 0.899. The van der Waals surface area contributed by atoms with Gasteiger partial charge in [-0.2, -0.15) is 0 Å². The number of imide groups is 1. The number of rotatable bonds is 13. The van der Waals surface area contributed by atoms with Gasteiger partial charge in [-0.15, -0.1) is 0 Å². The molecule has 184 valence electrons. The largest absolute Gasteiger partial charge is 0.492 e. The van der Waals surface area contributed by atoms with Gasteiger partial charge in [-0.25, -0.2) is 4.98 Å². The van der Waals surface area contributed by atoms with E-state index in [-0.39, 0.29) is 25.4 Å². The number of aromatic nitrogens is 1. The van der Waals surface area contributed by atoms with E-state index in [2.05, 4.69) is 4.98 Å². The molecule has 2 amide bonds. The maximum atomic E-state index is 12.8. The summed E-state index contributed by atoms with van der Waals surface area (Å²) in [4.78, 5) is 32.5. The second-order valence-corrected chi connectivity index (χ2v) is 10.7. The Bertz CT molecular complexity index is 998. The van der Waals surface area contributed by atoms with E-state index in [4.69, 9.17) is 13.8 Å². The Kier molecular flexibility index (Phi) is 9.53.